The van der Waals surface area contributed by atoms with E-state index in [0.717, 1.165) is 12.0 Å². The zero-order valence-electron chi connectivity index (χ0n) is 12.7. The van der Waals surface area contributed by atoms with E-state index in [4.69, 9.17) is 4.74 Å². The predicted octanol–water partition coefficient (Wildman–Crippen LogP) is 1.86. The zero-order valence-corrected chi connectivity index (χ0v) is 12.7. The van der Waals surface area contributed by atoms with E-state index in [9.17, 15) is 4.79 Å². The van der Waals surface area contributed by atoms with Crippen molar-refractivity contribution in [3.63, 3.8) is 0 Å². The third kappa shape index (κ3) is 3.18. The molecule has 1 unspecified atom stereocenters. The molecular formula is C16H20N4O2. The molecule has 22 heavy (non-hydrogen) atoms. The number of hydrogen-bond acceptors (Lipinski definition) is 5. The van der Waals surface area contributed by atoms with Gasteiger partial charge in [-0.25, -0.2) is 20.6 Å². The monoisotopic (exact) mass is 300 g/mol. The maximum absolute atomic E-state index is 12.2. The number of rotatable bonds is 6. The van der Waals surface area contributed by atoms with Crippen molar-refractivity contribution < 1.29 is 9.53 Å². The molecule has 0 amide bonds. The Hall–Kier alpha value is -2.18. The summed E-state index contributed by atoms with van der Waals surface area (Å²) in [5, 5.41) is 0. The van der Waals surface area contributed by atoms with Gasteiger partial charge >= 0.3 is 5.97 Å². The maximum Gasteiger partial charge on any atom is 0.356 e. The highest BCUT2D eigenvalue weighted by molar-refractivity contribution is 5.87. The lowest BCUT2D eigenvalue weighted by Crippen LogP contribution is -2.19. The van der Waals surface area contributed by atoms with Gasteiger partial charge in [0.25, 0.3) is 0 Å². The van der Waals surface area contributed by atoms with Crippen molar-refractivity contribution in [2.45, 2.75) is 32.0 Å². The molecule has 2 heterocycles. The summed E-state index contributed by atoms with van der Waals surface area (Å²) in [7, 11) is 0. The fourth-order valence-corrected chi connectivity index (χ4v) is 2.32. The Balaban J connectivity index is 1.67. The van der Waals surface area contributed by atoms with Gasteiger partial charge in [-0.3, -0.25) is 0 Å². The minimum atomic E-state index is -0.343. The van der Waals surface area contributed by atoms with Crippen LogP contribution in [0.3, 0.4) is 0 Å². The van der Waals surface area contributed by atoms with E-state index in [0.29, 0.717) is 12.3 Å². The van der Waals surface area contributed by atoms with Gasteiger partial charge in [-0.2, -0.15) is 0 Å². The number of hydrazine groups is 1. The number of esters is 1. The molecule has 6 heteroatoms. The van der Waals surface area contributed by atoms with Crippen LogP contribution >= 0.6 is 0 Å². The van der Waals surface area contributed by atoms with Crippen LogP contribution in [-0.4, -0.2) is 27.8 Å². The third-order valence-electron chi connectivity index (χ3n) is 3.96. The molecule has 0 radical (unpaired) electrons. The summed E-state index contributed by atoms with van der Waals surface area (Å²) >= 11 is 0. The first-order chi connectivity index (χ1) is 10.6. The molecule has 2 N–H and O–H groups in total. The van der Waals surface area contributed by atoms with Gasteiger partial charge in [0.15, 0.2) is 0 Å². The molecule has 0 spiro atoms. The van der Waals surface area contributed by atoms with E-state index in [2.05, 4.69) is 15.8 Å². The Morgan fingerprint density at radius 1 is 1.36 bits per heavy atom. The number of carbonyl (C=O) groups excluding carboxylic acids is 1. The molecule has 0 aliphatic carbocycles. The van der Waals surface area contributed by atoms with Gasteiger partial charge in [0, 0.05) is 6.42 Å². The van der Waals surface area contributed by atoms with Crippen LogP contribution in [0.15, 0.2) is 42.9 Å². The summed E-state index contributed by atoms with van der Waals surface area (Å²) in [6.45, 7) is 4.41. The highest BCUT2D eigenvalue weighted by atomic mass is 16.5. The Bertz CT molecular complexity index is 649. The maximum atomic E-state index is 12.2. The molecule has 1 aliphatic rings. The standard InChI is InChI=1S/C16H20N4O2/c1-12(13-6-4-3-5-7-13)20-11-17-10-14(20)15(21)22-9-8-16(2)18-19-16/h3-7,10-12,18-19H,8-9H2,1-2H3. The zero-order chi connectivity index (χ0) is 15.6. The molecular weight excluding hydrogens is 280 g/mol. The van der Waals surface area contributed by atoms with Crippen molar-refractivity contribution in [3.8, 4) is 0 Å². The van der Waals surface area contributed by atoms with Crippen LogP contribution in [0, 0.1) is 0 Å². The topological polar surface area (TPSA) is 88.0 Å². The second kappa shape index (κ2) is 5.90. The molecule has 1 aromatic carbocycles. The number of nitrogens with one attached hydrogen (secondary N) is 2. The molecule has 0 saturated carbocycles. The van der Waals surface area contributed by atoms with Crippen molar-refractivity contribution in [2.75, 3.05) is 6.61 Å². The molecule has 6 nitrogen and oxygen atoms in total. The van der Waals surface area contributed by atoms with Crippen LogP contribution < -0.4 is 10.9 Å². The summed E-state index contributed by atoms with van der Waals surface area (Å²) in [5.74, 6) is -0.343. The number of hydrogen-bond donors (Lipinski definition) is 2. The quantitative estimate of drug-likeness (QED) is 0.628. The smallest absolute Gasteiger partial charge is 0.356 e. The van der Waals surface area contributed by atoms with Crippen LogP contribution in [-0.2, 0) is 4.74 Å². The molecule has 1 saturated heterocycles. The van der Waals surface area contributed by atoms with E-state index in [1.165, 1.54) is 0 Å². The molecule has 116 valence electrons. The van der Waals surface area contributed by atoms with Gasteiger partial charge < -0.3 is 9.30 Å². The molecule has 1 aromatic heterocycles. The number of nitrogens with zero attached hydrogens (tertiary/aromatic N) is 2. The third-order valence-corrected chi connectivity index (χ3v) is 3.96. The first kappa shape index (κ1) is 14.7. The van der Waals surface area contributed by atoms with Gasteiger partial charge in [-0.1, -0.05) is 30.3 Å². The van der Waals surface area contributed by atoms with Crippen LogP contribution in [0.5, 0.6) is 0 Å². The minimum Gasteiger partial charge on any atom is -0.461 e. The number of aromatic nitrogens is 2. The highest BCUT2D eigenvalue weighted by Gasteiger charge is 2.35. The molecule has 1 aliphatic heterocycles. The predicted molar refractivity (Wildman–Crippen MR) is 82.1 cm³/mol. The SMILES string of the molecule is CC(c1ccccc1)n1cncc1C(=O)OCCC1(C)NN1. The average molecular weight is 300 g/mol. The van der Waals surface area contributed by atoms with E-state index in [1.54, 1.807) is 12.5 Å². The second-order valence-electron chi connectivity index (χ2n) is 5.74. The van der Waals surface area contributed by atoms with Gasteiger partial charge in [0.05, 0.1) is 30.8 Å². The van der Waals surface area contributed by atoms with Gasteiger partial charge in [-0.05, 0) is 19.4 Å². The van der Waals surface area contributed by atoms with Gasteiger partial charge in [0.2, 0.25) is 0 Å². The fraction of sp³-hybridized carbons (Fsp3) is 0.375. The molecule has 1 fully saturated rings. The molecule has 0 bridgehead atoms. The normalized spacial score (nSPS) is 17.0. The van der Waals surface area contributed by atoms with E-state index >= 15 is 0 Å². The Morgan fingerprint density at radius 3 is 2.77 bits per heavy atom. The highest BCUT2D eigenvalue weighted by Crippen LogP contribution is 2.20. The van der Waals surface area contributed by atoms with Crippen molar-refractivity contribution in [1.82, 2.24) is 20.4 Å². The second-order valence-corrected chi connectivity index (χ2v) is 5.74. The van der Waals surface area contributed by atoms with Crippen molar-refractivity contribution >= 4 is 5.97 Å². The largest absolute Gasteiger partial charge is 0.461 e. The van der Waals surface area contributed by atoms with Crippen molar-refractivity contribution in [1.29, 1.82) is 0 Å². The minimum absolute atomic E-state index is 0.0236. The van der Waals surface area contributed by atoms with Crippen LogP contribution in [0.1, 0.15) is 42.4 Å². The Morgan fingerprint density at radius 2 is 2.09 bits per heavy atom. The summed E-state index contributed by atoms with van der Waals surface area (Å²) in [6, 6.07) is 10.0. The van der Waals surface area contributed by atoms with E-state index in [-0.39, 0.29) is 17.7 Å². The van der Waals surface area contributed by atoms with Crippen molar-refractivity contribution in [2.24, 2.45) is 0 Å². The summed E-state index contributed by atoms with van der Waals surface area (Å²) in [5.41, 5.74) is 7.51. The molecule has 3 rings (SSSR count). The lowest BCUT2D eigenvalue weighted by Gasteiger charge is -2.16. The average Bonchev–Trinajstić information content (AvgIpc) is 3.07. The summed E-state index contributed by atoms with van der Waals surface area (Å²) in [4.78, 5) is 16.3. The van der Waals surface area contributed by atoms with Gasteiger partial charge in [-0.15, -0.1) is 0 Å². The lowest BCUT2D eigenvalue weighted by atomic mass is 10.1. The first-order valence-corrected chi connectivity index (χ1v) is 7.37. The Kier molecular flexibility index (Phi) is 3.96. The summed E-state index contributed by atoms with van der Waals surface area (Å²) < 4.78 is 7.19. The summed E-state index contributed by atoms with van der Waals surface area (Å²) in [6.07, 6.45) is 3.94. The molecule has 1 atom stereocenters. The number of ether oxygens (including phenoxy) is 1. The van der Waals surface area contributed by atoms with Gasteiger partial charge in [0.1, 0.15) is 5.69 Å². The van der Waals surface area contributed by atoms with Crippen LogP contribution in [0.25, 0.3) is 0 Å². The van der Waals surface area contributed by atoms with Crippen LogP contribution in [0.4, 0.5) is 0 Å². The Labute approximate surface area is 129 Å². The number of benzene rings is 1. The first-order valence-electron chi connectivity index (χ1n) is 7.37. The van der Waals surface area contributed by atoms with E-state index < -0.39 is 0 Å². The van der Waals surface area contributed by atoms with Crippen LogP contribution in [0.2, 0.25) is 0 Å². The fourth-order valence-electron chi connectivity index (χ4n) is 2.32. The van der Waals surface area contributed by atoms with E-state index in [1.807, 2.05) is 48.7 Å². The van der Waals surface area contributed by atoms with Crippen molar-refractivity contribution in [3.05, 3.63) is 54.1 Å². The number of imidazole rings is 1. The lowest BCUT2D eigenvalue weighted by molar-refractivity contribution is 0.0477. The number of carbonyl (C=O) groups is 1. The molecule has 2 aromatic rings.